The van der Waals surface area contributed by atoms with Crippen molar-refractivity contribution < 1.29 is 4.79 Å². The van der Waals surface area contributed by atoms with Gasteiger partial charge in [0.1, 0.15) is 0 Å². The third-order valence-electron chi connectivity index (χ3n) is 7.43. The molecule has 4 nitrogen and oxygen atoms in total. The van der Waals surface area contributed by atoms with Gasteiger partial charge in [0.15, 0.2) is 0 Å². The molecule has 0 radical (unpaired) electrons. The molecule has 28 heavy (non-hydrogen) atoms. The second-order valence-electron chi connectivity index (χ2n) is 9.63. The maximum Gasteiger partial charge on any atom is 0.252 e. The fourth-order valence-corrected chi connectivity index (χ4v) is 6.94. The number of carbonyl (C=O) groups is 1. The van der Waals surface area contributed by atoms with Gasteiger partial charge in [-0.15, -0.1) is 12.4 Å². The number of amides is 1. The third kappa shape index (κ3) is 4.01. The SMILES string of the molecule is Cl.O=C(NCC12CC3CC(CC(C3)C1)C2)c1ccc(NC2CCNC2)cc1Cl. The smallest absolute Gasteiger partial charge is 0.252 e. The largest absolute Gasteiger partial charge is 0.381 e. The summed E-state index contributed by atoms with van der Waals surface area (Å²) in [7, 11) is 0. The van der Waals surface area contributed by atoms with Crippen LogP contribution in [0.3, 0.4) is 0 Å². The first-order valence-corrected chi connectivity index (χ1v) is 11.0. The number of anilines is 1. The van der Waals surface area contributed by atoms with Crippen molar-refractivity contribution in [2.24, 2.45) is 23.2 Å². The average Bonchev–Trinajstić information content (AvgIpc) is 3.12. The van der Waals surface area contributed by atoms with Crippen molar-refractivity contribution in [3.05, 3.63) is 28.8 Å². The summed E-state index contributed by atoms with van der Waals surface area (Å²) in [4.78, 5) is 12.8. The van der Waals surface area contributed by atoms with Crippen LogP contribution in [-0.4, -0.2) is 31.6 Å². The predicted octanol–water partition coefficient (Wildman–Crippen LogP) is 4.48. The molecule has 4 saturated carbocycles. The zero-order valence-corrected chi connectivity index (χ0v) is 17.9. The maximum absolute atomic E-state index is 12.8. The first-order valence-electron chi connectivity index (χ1n) is 10.6. The van der Waals surface area contributed by atoms with Gasteiger partial charge in [-0.05, 0) is 92.9 Å². The summed E-state index contributed by atoms with van der Waals surface area (Å²) in [5, 5.41) is 10.6. The molecule has 5 aliphatic rings. The van der Waals surface area contributed by atoms with Gasteiger partial charge in [0, 0.05) is 24.8 Å². The fourth-order valence-electron chi connectivity index (χ4n) is 6.67. The molecule has 0 spiro atoms. The number of rotatable bonds is 5. The number of hydrogen-bond acceptors (Lipinski definition) is 3. The second-order valence-corrected chi connectivity index (χ2v) is 10.0. The van der Waals surface area contributed by atoms with Crippen LogP contribution >= 0.6 is 24.0 Å². The van der Waals surface area contributed by atoms with Crippen LogP contribution in [0.15, 0.2) is 18.2 Å². The van der Waals surface area contributed by atoms with Gasteiger partial charge in [-0.3, -0.25) is 4.79 Å². The van der Waals surface area contributed by atoms with E-state index in [9.17, 15) is 4.79 Å². The first-order chi connectivity index (χ1) is 13.1. The molecule has 6 heteroatoms. The van der Waals surface area contributed by atoms with Crippen LogP contribution < -0.4 is 16.0 Å². The molecule has 1 atom stereocenters. The van der Waals surface area contributed by atoms with Crippen LogP contribution in [0.2, 0.25) is 5.02 Å². The summed E-state index contributed by atoms with van der Waals surface area (Å²) in [6, 6.07) is 6.17. The van der Waals surface area contributed by atoms with Crippen molar-refractivity contribution in [1.29, 1.82) is 0 Å². The molecule has 5 fully saturated rings. The summed E-state index contributed by atoms with van der Waals surface area (Å²) in [6.07, 6.45) is 9.35. The topological polar surface area (TPSA) is 53.2 Å². The molecule has 1 unspecified atom stereocenters. The fraction of sp³-hybridized carbons (Fsp3) is 0.682. The molecule has 4 bridgehead atoms. The Balaban J connectivity index is 0.00000192. The van der Waals surface area contributed by atoms with Crippen LogP contribution in [0.25, 0.3) is 0 Å². The Labute approximate surface area is 179 Å². The second kappa shape index (κ2) is 8.04. The lowest BCUT2D eigenvalue weighted by Gasteiger charge is -2.56. The molecule has 1 amide bonds. The number of benzene rings is 1. The minimum Gasteiger partial charge on any atom is -0.381 e. The highest BCUT2D eigenvalue weighted by Gasteiger charge is 2.50. The highest BCUT2D eigenvalue weighted by molar-refractivity contribution is 6.34. The van der Waals surface area contributed by atoms with Crippen molar-refractivity contribution in [2.75, 3.05) is 25.0 Å². The molecule has 1 aliphatic heterocycles. The Kier molecular flexibility index (Phi) is 5.83. The first kappa shape index (κ1) is 20.3. The lowest BCUT2D eigenvalue weighted by Crippen LogP contribution is -2.51. The molecule has 3 N–H and O–H groups in total. The van der Waals surface area contributed by atoms with Crippen molar-refractivity contribution in [1.82, 2.24) is 10.6 Å². The van der Waals surface area contributed by atoms with Crippen LogP contribution in [0.1, 0.15) is 55.3 Å². The zero-order chi connectivity index (χ0) is 18.4. The van der Waals surface area contributed by atoms with Gasteiger partial charge in [0.25, 0.3) is 5.91 Å². The van der Waals surface area contributed by atoms with Crippen LogP contribution in [0.4, 0.5) is 5.69 Å². The summed E-state index contributed by atoms with van der Waals surface area (Å²) >= 11 is 6.45. The van der Waals surface area contributed by atoms with Gasteiger partial charge in [0.2, 0.25) is 0 Å². The third-order valence-corrected chi connectivity index (χ3v) is 7.75. The molecular weight excluding hydrogens is 393 g/mol. The van der Waals surface area contributed by atoms with E-state index >= 15 is 0 Å². The average molecular weight is 424 g/mol. The standard InChI is InChI=1S/C22H30ClN3O.ClH/c23-20-8-17(26-18-3-4-24-12-18)1-2-19(20)21(27)25-13-22-9-14-5-15(10-22)7-16(6-14)11-22;/h1-2,8,14-16,18,24,26H,3-7,9-13H2,(H,25,27);1H. The highest BCUT2D eigenvalue weighted by Crippen LogP contribution is 2.59. The molecule has 1 aromatic rings. The molecule has 1 heterocycles. The summed E-state index contributed by atoms with van der Waals surface area (Å²) in [5.74, 6) is 2.70. The lowest BCUT2D eigenvalue weighted by atomic mass is 9.49. The van der Waals surface area contributed by atoms with Gasteiger partial charge >= 0.3 is 0 Å². The van der Waals surface area contributed by atoms with E-state index in [1.165, 1.54) is 38.5 Å². The number of hydrogen-bond donors (Lipinski definition) is 3. The van der Waals surface area contributed by atoms with Crippen molar-refractivity contribution >= 4 is 35.6 Å². The minimum atomic E-state index is -0.0233. The normalized spacial score (nSPS) is 35.5. The Morgan fingerprint density at radius 3 is 2.39 bits per heavy atom. The quantitative estimate of drug-likeness (QED) is 0.653. The zero-order valence-electron chi connectivity index (χ0n) is 16.3. The van der Waals surface area contributed by atoms with Gasteiger partial charge < -0.3 is 16.0 Å². The summed E-state index contributed by atoms with van der Waals surface area (Å²) < 4.78 is 0. The number of nitrogens with one attached hydrogen (secondary N) is 3. The maximum atomic E-state index is 12.8. The molecule has 0 aromatic heterocycles. The van der Waals surface area contributed by atoms with Crippen LogP contribution in [0, 0.1) is 23.2 Å². The molecule has 6 rings (SSSR count). The van der Waals surface area contributed by atoms with E-state index in [-0.39, 0.29) is 18.3 Å². The van der Waals surface area contributed by atoms with E-state index in [1.54, 1.807) is 0 Å². The lowest BCUT2D eigenvalue weighted by molar-refractivity contribution is -0.0503. The molecule has 4 aliphatic carbocycles. The van der Waals surface area contributed by atoms with E-state index in [1.807, 2.05) is 18.2 Å². The van der Waals surface area contributed by atoms with Crippen LogP contribution in [0.5, 0.6) is 0 Å². The van der Waals surface area contributed by atoms with Crippen molar-refractivity contribution in [3.8, 4) is 0 Å². The molecule has 1 aromatic carbocycles. The molecule has 154 valence electrons. The number of carbonyl (C=O) groups excluding carboxylic acids is 1. The molecular formula is C22H31Cl2N3O. The van der Waals surface area contributed by atoms with E-state index < -0.39 is 0 Å². The van der Waals surface area contributed by atoms with Gasteiger partial charge in [-0.2, -0.15) is 0 Å². The molecule has 1 saturated heterocycles. The predicted molar refractivity (Wildman–Crippen MR) is 117 cm³/mol. The Morgan fingerprint density at radius 1 is 1.14 bits per heavy atom. The van der Waals surface area contributed by atoms with Gasteiger partial charge in [0.05, 0.1) is 10.6 Å². The Morgan fingerprint density at radius 2 is 1.82 bits per heavy atom. The Hall–Kier alpha value is -0.970. The summed E-state index contributed by atoms with van der Waals surface area (Å²) in [5.41, 5.74) is 1.94. The highest BCUT2D eigenvalue weighted by atomic mass is 35.5. The summed E-state index contributed by atoms with van der Waals surface area (Å²) in [6.45, 7) is 2.85. The van der Waals surface area contributed by atoms with E-state index in [0.717, 1.165) is 49.5 Å². The minimum absolute atomic E-state index is 0. The van der Waals surface area contributed by atoms with Gasteiger partial charge in [-0.1, -0.05) is 11.6 Å². The van der Waals surface area contributed by atoms with Crippen molar-refractivity contribution in [2.45, 2.75) is 51.0 Å². The van der Waals surface area contributed by atoms with E-state index in [2.05, 4.69) is 16.0 Å². The van der Waals surface area contributed by atoms with Crippen molar-refractivity contribution in [3.63, 3.8) is 0 Å². The van der Waals surface area contributed by atoms with E-state index in [0.29, 0.717) is 22.0 Å². The monoisotopic (exact) mass is 423 g/mol. The van der Waals surface area contributed by atoms with Gasteiger partial charge in [-0.25, -0.2) is 0 Å². The number of halogens is 2. The van der Waals surface area contributed by atoms with Crippen LogP contribution in [-0.2, 0) is 0 Å². The van der Waals surface area contributed by atoms with E-state index in [4.69, 9.17) is 11.6 Å². The Bertz CT molecular complexity index is 697.